The van der Waals surface area contributed by atoms with Crippen LogP contribution in [0.5, 0.6) is 0 Å². The van der Waals surface area contributed by atoms with Crippen LogP contribution in [0.1, 0.15) is 12.6 Å². The van der Waals surface area contributed by atoms with Crippen molar-refractivity contribution >= 4 is 16.7 Å². The number of carbonyl (C=O) groups excluding carboxylic acids is 1. The molecule has 0 aliphatic rings. The molecule has 19 heavy (non-hydrogen) atoms. The van der Waals surface area contributed by atoms with E-state index < -0.39 is 0 Å². The zero-order valence-electron chi connectivity index (χ0n) is 10.6. The van der Waals surface area contributed by atoms with Gasteiger partial charge >= 0.3 is 5.97 Å². The van der Waals surface area contributed by atoms with E-state index in [0.717, 1.165) is 4.68 Å². The van der Waals surface area contributed by atoms with Crippen molar-refractivity contribution in [3.63, 3.8) is 0 Å². The van der Waals surface area contributed by atoms with Gasteiger partial charge in [0.1, 0.15) is 0 Å². The van der Waals surface area contributed by atoms with Crippen LogP contribution in [0.15, 0.2) is 29.1 Å². The lowest BCUT2D eigenvalue weighted by Gasteiger charge is -2.09. The molecule has 0 bridgehead atoms. The molecule has 0 unspecified atom stereocenters. The fourth-order valence-electron chi connectivity index (χ4n) is 1.91. The fourth-order valence-corrected chi connectivity index (χ4v) is 1.91. The predicted octanol–water partition coefficient (Wildman–Crippen LogP) is 0.418. The van der Waals surface area contributed by atoms with Crippen LogP contribution in [0.25, 0.3) is 10.8 Å². The maximum Gasteiger partial charge on any atom is 0.311 e. The van der Waals surface area contributed by atoms with Gasteiger partial charge in [-0.3, -0.25) is 9.59 Å². The summed E-state index contributed by atoms with van der Waals surface area (Å²) in [7, 11) is 0. The van der Waals surface area contributed by atoms with Gasteiger partial charge in [-0.1, -0.05) is 18.2 Å². The van der Waals surface area contributed by atoms with Gasteiger partial charge in [0.25, 0.3) is 5.56 Å². The van der Waals surface area contributed by atoms with Gasteiger partial charge in [-0.15, -0.1) is 0 Å². The van der Waals surface area contributed by atoms with E-state index in [1.807, 2.05) is 0 Å². The van der Waals surface area contributed by atoms with E-state index in [1.54, 1.807) is 31.2 Å². The van der Waals surface area contributed by atoms with E-state index in [0.29, 0.717) is 23.1 Å². The Bertz CT molecular complexity index is 664. The Balaban J connectivity index is 2.56. The number of carbonyl (C=O) groups is 1. The average Bonchev–Trinajstić information content (AvgIpc) is 2.42. The normalized spacial score (nSPS) is 10.6. The van der Waals surface area contributed by atoms with Crippen molar-refractivity contribution in [3.05, 3.63) is 40.3 Å². The number of rotatable bonds is 4. The molecule has 0 radical (unpaired) electrons. The Labute approximate surface area is 109 Å². The molecule has 1 heterocycles. The van der Waals surface area contributed by atoms with Crippen LogP contribution in [0.4, 0.5) is 0 Å². The number of fused-ring (bicyclic) bond motifs is 1. The van der Waals surface area contributed by atoms with E-state index in [9.17, 15) is 9.59 Å². The number of ether oxygens (including phenoxy) is 1. The van der Waals surface area contributed by atoms with Gasteiger partial charge in [0.15, 0.2) is 0 Å². The molecule has 0 saturated heterocycles. The van der Waals surface area contributed by atoms with Crippen LogP contribution in [-0.2, 0) is 22.6 Å². The molecular weight excluding hydrogens is 246 g/mol. The number of esters is 1. The van der Waals surface area contributed by atoms with E-state index in [2.05, 4.69) is 5.10 Å². The highest BCUT2D eigenvalue weighted by atomic mass is 16.5. The molecule has 6 heteroatoms. The summed E-state index contributed by atoms with van der Waals surface area (Å²) >= 11 is 0. The van der Waals surface area contributed by atoms with Gasteiger partial charge in [-0.05, 0) is 13.0 Å². The van der Waals surface area contributed by atoms with Crippen molar-refractivity contribution in [1.82, 2.24) is 9.78 Å². The van der Waals surface area contributed by atoms with Crippen LogP contribution in [0, 0.1) is 0 Å². The molecule has 100 valence electrons. The first kappa shape index (κ1) is 13.2. The summed E-state index contributed by atoms with van der Waals surface area (Å²) in [6, 6.07) is 7.02. The number of aromatic nitrogens is 2. The van der Waals surface area contributed by atoms with Crippen LogP contribution < -0.4 is 11.3 Å². The van der Waals surface area contributed by atoms with Crippen molar-refractivity contribution in [1.29, 1.82) is 0 Å². The summed E-state index contributed by atoms with van der Waals surface area (Å²) in [5.74, 6) is -0.373. The maximum absolute atomic E-state index is 12.0. The summed E-state index contributed by atoms with van der Waals surface area (Å²) in [6.45, 7) is 2.02. The first-order valence-electron chi connectivity index (χ1n) is 6.01. The molecular formula is C13H15N3O3. The molecule has 0 fully saturated rings. The Hall–Kier alpha value is -2.21. The highest BCUT2D eigenvalue weighted by Gasteiger charge is 2.13. The number of hydrogen-bond acceptors (Lipinski definition) is 5. The highest BCUT2D eigenvalue weighted by Crippen LogP contribution is 2.13. The lowest BCUT2D eigenvalue weighted by molar-refractivity contribution is -0.142. The van der Waals surface area contributed by atoms with Crippen molar-refractivity contribution in [2.24, 2.45) is 5.73 Å². The monoisotopic (exact) mass is 261 g/mol. The number of hydrogen-bond donors (Lipinski definition) is 1. The SMILES string of the molecule is CCOC(=O)Cc1nn(CN)c(=O)c2ccccc12. The molecule has 0 amide bonds. The third kappa shape index (κ3) is 2.63. The Morgan fingerprint density at radius 2 is 2.05 bits per heavy atom. The topological polar surface area (TPSA) is 87.2 Å². The van der Waals surface area contributed by atoms with Crippen molar-refractivity contribution < 1.29 is 9.53 Å². The second-order valence-corrected chi connectivity index (χ2v) is 3.96. The van der Waals surface area contributed by atoms with E-state index in [-0.39, 0.29) is 24.6 Å². The molecule has 0 aliphatic heterocycles. The van der Waals surface area contributed by atoms with Crippen LogP contribution in [-0.4, -0.2) is 22.4 Å². The van der Waals surface area contributed by atoms with Crippen LogP contribution in [0.2, 0.25) is 0 Å². The Morgan fingerprint density at radius 3 is 2.68 bits per heavy atom. The van der Waals surface area contributed by atoms with Gasteiger partial charge in [0.05, 0.1) is 30.8 Å². The quantitative estimate of drug-likeness (QED) is 0.806. The van der Waals surface area contributed by atoms with Crippen molar-refractivity contribution in [3.8, 4) is 0 Å². The number of nitrogens with two attached hydrogens (primary N) is 1. The van der Waals surface area contributed by atoms with Gasteiger partial charge in [-0.2, -0.15) is 5.10 Å². The van der Waals surface area contributed by atoms with Gasteiger partial charge in [0.2, 0.25) is 0 Å². The first-order valence-corrected chi connectivity index (χ1v) is 6.01. The predicted molar refractivity (Wildman–Crippen MR) is 70.5 cm³/mol. The number of benzene rings is 1. The molecule has 0 aliphatic carbocycles. The molecule has 2 N–H and O–H groups in total. The Morgan fingerprint density at radius 1 is 1.37 bits per heavy atom. The largest absolute Gasteiger partial charge is 0.466 e. The summed E-state index contributed by atoms with van der Waals surface area (Å²) in [5, 5.41) is 5.28. The van der Waals surface area contributed by atoms with E-state index >= 15 is 0 Å². The first-order chi connectivity index (χ1) is 9.17. The molecule has 1 aromatic carbocycles. The van der Waals surface area contributed by atoms with Gasteiger partial charge in [-0.25, -0.2) is 4.68 Å². The Kier molecular flexibility index (Phi) is 3.91. The van der Waals surface area contributed by atoms with Crippen LogP contribution >= 0.6 is 0 Å². The molecule has 1 aromatic heterocycles. The summed E-state index contributed by atoms with van der Waals surface area (Å²) in [5.41, 5.74) is 5.72. The molecule has 0 saturated carbocycles. The summed E-state index contributed by atoms with van der Waals surface area (Å²) in [6.07, 6.45) is 0.0225. The maximum atomic E-state index is 12.0. The summed E-state index contributed by atoms with van der Waals surface area (Å²) in [4.78, 5) is 23.6. The average molecular weight is 261 g/mol. The zero-order chi connectivity index (χ0) is 13.8. The standard InChI is InChI=1S/C13H15N3O3/c1-2-19-12(17)7-11-9-5-3-4-6-10(9)13(18)16(8-14)15-11/h3-6H,2,7-8,14H2,1H3. The van der Waals surface area contributed by atoms with E-state index in [1.165, 1.54) is 0 Å². The fraction of sp³-hybridized carbons (Fsp3) is 0.308. The van der Waals surface area contributed by atoms with Crippen molar-refractivity contribution in [2.45, 2.75) is 20.0 Å². The second kappa shape index (κ2) is 5.62. The minimum atomic E-state index is -0.373. The lowest BCUT2D eigenvalue weighted by atomic mass is 10.1. The smallest absolute Gasteiger partial charge is 0.311 e. The third-order valence-electron chi connectivity index (χ3n) is 2.73. The number of nitrogens with zero attached hydrogens (tertiary/aromatic N) is 2. The third-order valence-corrected chi connectivity index (χ3v) is 2.73. The molecule has 2 aromatic rings. The van der Waals surface area contributed by atoms with Gasteiger partial charge in [0, 0.05) is 5.39 Å². The second-order valence-electron chi connectivity index (χ2n) is 3.96. The molecule has 0 spiro atoms. The van der Waals surface area contributed by atoms with Crippen molar-refractivity contribution in [2.75, 3.05) is 6.61 Å². The lowest BCUT2D eigenvalue weighted by Crippen LogP contribution is -2.28. The highest BCUT2D eigenvalue weighted by molar-refractivity contribution is 5.86. The van der Waals surface area contributed by atoms with Crippen LogP contribution in [0.3, 0.4) is 0 Å². The zero-order valence-corrected chi connectivity index (χ0v) is 10.6. The van der Waals surface area contributed by atoms with E-state index in [4.69, 9.17) is 10.5 Å². The molecule has 6 nitrogen and oxygen atoms in total. The molecule has 0 atom stereocenters. The molecule has 2 rings (SSSR count). The summed E-state index contributed by atoms with van der Waals surface area (Å²) < 4.78 is 6.05. The minimum absolute atomic E-state index is 0.0225. The van der Waals surface area contributed by atoms with Gasteiger partial charge < -0.3 is 10.5 Å². The minimum Gasteiger partial charge on any atom is -0.466 e.